The van der Waals surface area contributed by atoms with Gasteiger partial charge in [0.15, 0.2) is 5.11 Å². The Balaban J connectivity index is 1.90. The predicted molar refractivity (Wildman–Crippen MR) is 111 cm³/mol. The van der Waals surface area contributed by atoms with Crippen LogP contribution in [-0.4, -0.2) is 16.6 Å². The van der Waals surface area contributed by atoms with Crippen molar-refractivity contribution in [1.82, 2.24) is 10.2 Å². The minimum atomic E-state index is 0.831. The lowest BCUT2D eigenvalue weighted by molar-refractivity contribution is 0.398. The summed E-state index contributed by atoms with van der Waals surface area (Å²) in [5, 5.41) is 4.31. The molecule has 0 heterocycles. The second kappa shape index (κ2) is 11.6. The molecule has 0 bridgehead atoms. The molecule has 0 aliphatic heterocycles. The third kappa shape index (κ3) is 7.70. The van der Waals surface area contributed by atoms with Gasteiger partial charge in [0.05, 0.1) is 0 Å². The largest absolute Gasteiger partial charge is 0.363 e. The summed E-state index contributed by atoms with van der Waals surface area (Å²) < 4.78 is 0. The first-order valence-corrected chi connectivity index (χ1v) is 9.81. The van der Waals surface area contributed by atoms with E-state index in [4.69, 9.17) is 12.2 Å². The fourth-order valence-electron chi connectivity index (χ4n) is 2.84. The number of benzene rings is 2. The van der Waals surface area contributed by atoms with Crippen LogP contribution in [0.15, 0.2) is 60.7 Å². The molecular formula is C22H30N2S. The van der Waals surface area contributed by atoms with Crippen molar-refractivity contribution in [2.24, 2.45) is 0 Å². The van der Waals surface area contributed by atoms with Crippen LogP contribution in [0, 0.1) is 0 Å². The molecule has 0 saturated heterocycles. The van der Waals surface area contributed by atoms with Gasteiger partial charge in [0.1, 0.15) is 0 Å². The minimum absolute atomic E-state index is 0.831. The summed E-state index contributed by atoms with van der Waals surface area (Å²) in [5.41, 5.74) is 2.57. The van der Waals surface area contributed by atoms with E-state index >= 15 is 0 Å². The van der Waals surface area contributed by atoms with Gasteiger partial charge in [0.25, 0.3) is 0 Å². The molecule has 0 amide bonds. The normalized spacial score (nSPS) is 10.4. The number of thiocarbonyl (C=S) groups is 1. The minimum Gasteiger partial charge on any atom is -0.363 e. The Morgan fingerprint density at radius 3 is 1.84 bits per heavy atom. The van der Waals surface area contributed by atoms with Crippen LogP contribution in [0.3, 0.4) is 0 Å². The lowest BCUT2D eigenvalue weighted by Gasteiger charge is -2.26. The van der Waals surface area contributed by atoms with Gasteiger partial charge >= 0.3 is 0 Å². The summed E-state index contributed by atoms with van der Waals surface area (Å²) in [4.78, 5) is 2.26. The first-order valence-electron chi connectivity index (χ1n) is 9.40. The average molecular weight is 355 g/mol. The number of hydrogen-bond acceptors (Lipinski definition) is 1. The second-order valence-electron chi connectivity index (χ2n) is 6.47. The molecule has 0 spiro atoms. The van der Waals surface area contributed by atoms with Gasteiger partial charge in [0, 0.05) is 19.6 Å². The highest BCUT2D eigenvalue weighted by Gasteiger charge is 2.10. The number of rotatable bonds is 10. The average Bonchev–Trinajstić information content (AvgIpc) is 2.65. The molecule has 0 aliphatic carbocycles. The second-order valence-corrected chi connectivity index (χ2v) is 6.86. The summed E-state index contributed by atoms with van der Waals surface area (Å²) in [6.07, 6.45) is 6.40. The lowest BCUT2D eigenvalue weighted by Crippen LogP contribution is -2.39. The van der Waals surface area contributed by atoms with E-state index in [9.17, 15) is 0 Å². The highest BCUT2D eigenvalue weighted by Crippen LogP contribution is 2.11. The molecule has 2 nitrogen and oxygen atoms in total. The Morgan fingerprint density at radius 1 is 0.800 bits per heavy atom. The zero-order chi connectivity index (χ0) is 17.7. The highest BCUT2D eigenvalue weighted by molar-refractivity contribution is 7.80. The van der Waals surface area contributed by atoms with Crippen molar-refractivity contribution in [2.45, 2.75) is 52.1 Å². The van der Waals surface area contributed by atoms with Crippen molar-refractivity contribution in [1.29, 1.82) is 0 Å². The zero-order valence-corrected chi connectivity index (χ0v) is 16.1. The van der Waals surface area contributed by atoms with Crippen molar-refractivity contribution in [3.63, 3.8) is 0 Å². The van der Waals surface area contributed by atoms with E-state index in [1.165, 1.54) is 43.2 Å². The van der Waals surface area contributed by atoms with Crippen molar-refractivity contribution >= 4 is 17.3 Å². The molecule has 3 heteroatoms. The molecule has 25 heavy (non-hydrogen) atoms. The van der Waals surface area contributed by atoms with E-state index < -0.39 is 0 Å². The monoisotopic (exact) mass is 354 g/mol. The first kappa shape index (κ1) is 19.5. The number of unbranched alkanes of at least 4 members (excludes halogenated alkanes) is 4. The molecular weight excluding hydrogens is 324 g/mol. The zero-order valence-electron chi connectivity index (χ0n) is 15.3. The van der Waals surface area contributed by atoms with Gasteiger partial charge in [-0.2, -0.15) is 0 Å². The molecule has 0 saturated carbocycles. The molecule has 134 valence electrons. The van der Waals surface area contributed by atoms with E-state index in [0.717, 1.165) is 24.7 Å². The Bertz CT molecular complexity index is 556. The molecule has 2 aromatic carbocycles. The molecule has 2 aromatic rings. The Hall–Kier alpha value is -1.87. The lowest BCUT2D eigenvalue weighted by atomic mass is 10.1. The van der Waals surface area contributed by atoms with Crippen LogP contribution in [-0.2, 0) is 13.1 Å². The van der Waals surface area contributed by atoms with E-state index in [0.29, 0.717) is 0 Å². The van der Waals surface area contributed by atoms with Crippen LogP contribution in [0.5, 0.6) is 0 Å². The Labute approximate surface area is 158 Å². The van der Waals surface area contributed by atoms with Gasteiger partial charge in [-0.25, -0.2) is 0 Å². The van der Waals surface area contributed by atoms with Crippen LogP contribution < -0.4 is 5.32 Å². The number of hydrogen-bond donors (Lipinski definition) is 1. The molecule has 0 fully saturated rings. The van der Waals surface area contributed by atoms with Crippen LogP contribution in [0.2, 0.25) is 0 Å². The molecule has 0 atom stereocenters. The Kier molecular flexibility index (Phi) is 9.06. The van der Waals surface area contributed by atoms with Gasteiger partial charge in [0.2, 0.25) is 0 Å². The van der Waals surface area contributed by atoms with Crippen molar-refractivity contribution in [2.75, 3.05) is 6.54 Å². The van der Waals surface area contributed by atoms with Crippen LogP contribution >= 0.6 is 12.2 Å². The maximum atomic E-state index is 5.69. The SMILES string of the molecule is CCCCCCCNC(=S)N(Cc1ccccc1)Cc1ccccc1. The topological polar surface area (TPSA) is 15.3 Å². The fraction of sp³-hybridized carbons (Fsp3) is 0.409. The van der Waals surface area contributed by atoms with Gasteiger partial charge < -0.3 is 10.2 Å². The third-order valence-corrected chi connectivity index (χ3v) is 4.68. The Morgan fingerprint density at radius 2 is 1.32 bits per heavy atom. The summed E-state index contributed by atoms with van der Waals surface area (Å²) >= 11 is 5.69. The van der Waals surface area contributed by atoms with E-state index in [1.54, 1.807) is 0 Å². The standard InChI is InChI=1S/C22H30N2S/c1-2-3-4-5-12-17-23-22(25)24(18-20-13-8-6-9-14-20)19-21-15-10-7-11-16-21/h6-11,13-16H,2-5,12,17-19H2,1H3,(H,23,25). The summed E-state index contributed by atoms with van der Waals surface area (Å²) in [5.74, 6) is 0. The molecule has 0 aliphatic rings. The maximum absolute atomic E-state index is 5.69. The van der Waals surface area contributed by atoms with Gasteiger partial charge in [-0.15, -0.1) is 0 Å². The summed E-state index contributed by atoms with van der Waals surface area (Å²) in [7, 11) is 0. The van der Waals surface area contributed by atoms with Crippen molar-refractivity contribution < 1.29 is 0 Å². The van der Waals surface area contributed by atoms with Gasteiger partial charge in [-0.1, -0.05) is 93.3 Å². The van der Waals surface area contributed by atoms with Gasteiger partial charge in [-0.3, -0.25) is 0 Å². The predicted octanol–water partition coefficient (Wildman–Crippen LogP) is 5.53. The number of nitrogens with zero attached hydrogens (tertiary/aromatic N) is 1. The molecule has 0 radical (unpaired) electrons. The summed E-state index contributed by atoms with van der Waals surface area (Å²) in [6.45, 7) is 4.87. The smallest absolute Gasteiger partial charge is 0.169 e. The maximum Gasteiger partial charge on any atom is 0.169 e. The molecule has 2 rings (SSSR count). The van der Waals surface area contributed by atoms with Crippen LogP contribution in [0.25, 0.3) is 0 Å². The molecule has 0 aromatic heterocycles. The fourth-order valence-corrected chi connectivity index (χ4v) is 3.07. The quantitative estimate of drug-likeness (QED) is 0.446. The van der Waals surface area contributed by atoms with Crippen molar-refractivity contribution in [3.05, 3.63) is 71.8 Å². The third-order valence-electron chi connectivity index (χ3n) is 4.28. The van der Waals surface area contributed by atoms with Crippen LogP contribution in [0.1, 0.15) is 50.2 Å². The number of nitrogens with one attached hydrogen (secondary N) is 1. The van der Waals surface area contributed by atoms with Crippen molar-refractivity contribution in [3.8, 4) is 0 Å². The summed E-state index contributed by atoms with van der Waals surface area (Å²) in [6, 6.07) is 21.1. The highest BCUT2D eigenvalue weighted by atomic mass is 32.1. The van der Waals surface area contributed by atoms with E-state index in [-0.39, 0.29) is 0 Å². The van der Waals surface area contributed by atoms with Crippen LogP contribution in [0.4, 0.5) is 0 Å². The molecule has 0 unspecified atom stereocenters. The van der Waals surface area contributed by atoms with E-state index in [2.05, 4.69) is 77.8 Å². The molecule has 1 N–H and O–H groups in total. The van der Waals surface area contributed by atoms with E-state index in [1.807, 2.05) is 0 Å². The van der Waals surface area contributed by atoms with Gasteiger partial charge in [-0.05, 0) is 29.8 Å². The first-order chi connectivity index (χ1) is 12.3.